The van der Waals surface area contributed by atoms with Crippen molar-refractivity contribution >= 4 is 50.7 Å². The molecule has 0 aliphatic heterocycles. The SMILES string of the molecule is CC[C@@H](C)NC(=O)[C@@H](C)N(Cc1ccc(Cl)c(Cl)c1)C(=O)CN(c1ccc(C)cc1)S(=O)(=O)c1ccc(C)cc1. The van der Waals surface area contributed by atoms with Crippen molar-refractivity contribution in [3.05, 3.63) is 93.5 Å². The highest BCUT2D eigenvalue weighted by Crippen LogP contribution is 2.27. The number of aryl methyl sites for hydroxylation is 2. The summed E-state index contributed by atoms with van der Waals surface area (Å²) < 4.78 is 28.8. The van der Waals surface area contributed by atoms with Gasteiger partial charge in [0.2, 0.25) is 11.8 Å². The van der Waals surface area contributed by atoms with Crippen molar-refractivity contribution in [3.8, 4) is 0 Å². The zero-order chi connectivity index (χ0) is 29.6. The monoisotopic (exact) mass is 603 g/mol. The number of carbonyl (C=O) groups is 2. The zero-order valence-electron chi connectivity index (χ0n) is 23.3. The van der Waals surface area contributed by atoms with E-state index >= 15 is 0 Å². The second-order valence-electron chi connectivity index (χ2n) is 9.92. The van der Waals surface area contributed by atoms with Crippen molar-refractivity contribution in [2.45, 2.75) is 64.6 Å². The van der Waals surface area contributed by atoms with Gasteiger partial charge in [0.05, 0.1) is 20.6 Å². The molecule has 0 aromatic heterocycles. The second kappa shape index (κ2) is 13.5. The predicted molar refractivity (Wildman–Crippen MR) is 161 cm³/mol. The number of carbonyl (C=O) groups excluding carboxylic acids is 2. The van der Waals surface area contributed by atoms with Gasteiger partial charge in [-0.05, 0) is 76.1 Å². The Morgan fingerprint density at radius 1 is 0.875 bits per heavy atom. The molecule has 0 saturated carbocycles. The van der Waals surface area contributed by atoms with E-state index in [1.807, 2.05) is 27.7 Å². The van der Waals surface area contributed by atoms with Gasteiger partial charge in [0.1, 0.15) is 12.6 Å². The third-order valence-electron chi connectivity index (χ3n) is 6.72. The maximum absolute atomic E-state index is 14.0. The Hall–Kier alpha value is -3.07. The van der Waals surface area contributed by atoms with Gasteiger partial charge in [0.15, 0.2) is 0 Å². The fraction of sp³-hybridized carbons (Fsp3) is 0.333. The Labute approximate surface area is 247 Å². The topological polar surface area (TPSA) is 86.8 Å². The van der Waals surface area contributed by atoms with Gasteiger partial charge >= 0.3 is 0 Å². The molecule has 0 radical (unpaired) electrons. The van der Waals surface area contributed by atoms with Crippen LogP contribution in [0.1, 0.15) is 43.9 Å². The standard InChI is InChI=1S/C30H35Cl2N3O4S/c1-6-22(4)33-30(37)23(5)34(18-24-11-16-27(31)28(32)17-24)29(36)19-35(25-12-7-20(2)8-13-25)40(38,39)26-14-9-21(3)10-15-26/h7-17,22-23H,6,18-19H2,1-5H3,(H,33,37)/t22-,23-/m1/s1. The summed E-state index contributed by atoms with van der Waals surface area (Å²) >= 11 is 12.3. The van der Waals surface area contributed by atoms with Crippen LogP contribution >= 0.6 is 23.2 Å². The molecule has 0 spiro atoms. The van der Waals surface area contributed by atoms with Crippen LogP contribution in [-0.4, -0.2) is 43.8 Å². The minimum Gasteiger partial charge on any atom is -0.352 e. The number of hydrogen-bond donors (Lipinski definition) is 1. The first-order chi connectivity index (χ1) is 18.8. The maximum Gasteiger partial charge on any atom is 0.264 e. The first-order valence-corrected chi connectivity index (χ1v) is 15.2. The van der Waals surface area contributed by atoms with Gasteiger partial charge in [-0.15, -0.1) is 0 Å². The highest BCUT2D eigenvalue weighted by Gasteiger charge is 2.32. The van der Waals surface area contributed by atoms with Crippen LogP contribution in [0.5, 0.6) is 0 Å². The molecule has 7 nitrogen and oxygen atoms in total. The van der Waals surface area contributed by atoms with E-state index < -0.39 is 28.5 Å². The van der Waals surface area contributed by atoms with Gasteiger partial charge in [-0.2, -0.15) is 0 Å². The molecule has 3 aromatic carbocycles. The number of amides is 2. The molecule has 3 rings (SSSR count). The number of anilines is 1. The summed E-state index contributed by atoms with van der Waals surface area (Å²) in [7, 11) is -4.12. The fourth-order valence-corrected chi connectivity index (χ4v) is 5.69. The molecule has 0 saturated heterocycles. The minimum atomic E-state index is -4.12. The summed E-state index contributed by atoms with van der Waals surface area (Å²) in [6.45, 7) is 8.72. The van der Waals surface area contributed by atoms with Gasteiger partial charge in [-0.3, -0.25) is 13.9 Å². The molecule has 214 valence electrons. The van der Waals surface area contributed by atoms with Gasteiger partial charge in [0.25, 0.3) is 10.0 Å². The van der Waals surface area contributed by atoms with E-state index in [-0.39, 0.29) is 23.4 Å². The normalized spacial score (nSPS) is 12.9. The van der Waals surface area contributed by atoms with E-state index in [0.29, 0.717) is 21.3 Å². The summed E-state index contributed by atoms with van der Waals surface area (Å²) in [5, 5.41) is 3.58. The third-order valence-corrected chi connectivity index (χ3v) is 9.24. The lowest BCUT2D eigenvalue weighted by Gasteiger charge is -2.32. The summed E-state index contributed by atoms with van der Waals surface area (Å²) in [5.74, 6) is -0.889. The molecular formula is C30H35Cl2N3O4S. The van der Waals surface area contributed by atoms with Crippen LogP contribution in [-0.2, 0) is 26.2 Å². The van der Waals surface area contributed by atoms with Crippen LogP contribution in [0.15, 0.2) is 71.6 Å². The highest BCUT2D eigenvalue weighted by atomic mass is 35.5. The number of hydrogen-bond acceptors (Lipinski definition) is 4. The van der Waals surface area contributed by atoms with Crippen molar-refractivity contribution in [2.75, 3.05) is 10.8 Å². The molecule has 3 aromatic rings. The molecule has 0 unspecified atom stereocenters. The first kappa shape index (κ1) is 31.5. The van der Waals surface area contributed by atoms with Gasteiger partial charge in [0, 0.05) is 12.6 Å². The van der Waals surface area contributed by atoms with Crippen LogP contribution in [0.25, 0.3) is 0 Å². The average Bonchev–Trinajstić information content (AvgIpc) is 2.92. The molecule has 0 heterocycles. The first-order valence-electron chi connectivity index (χ1n) is 13.0. The molecule has 0 fully saturated rings. The number of sulfonamides is 1. The van der Waals surface area contributed by atoms with E-state index in [9.17, 15) is 18.0 Å². The third kappa shape index (κ3) is 7.77. The van der Waals surface area contributed by atoms with Crippen molar-refractivity contribution in [1.29, 1.82) is 0 Å². The summed E-state index contributed by atoms with van der Waals surface area (Å²) in [5.41, 5.74) is 2.84. The summed E-state index contributed by atoms with van der Waals surface area (Å²) in [6.07, 6.45) is 0.717. The minimum absolute atomic E-state index is 0.0249. The summed E-state index contributed by atoms with van der Waals surface area (Å²) in [6, 6.07) is 17.3. The smallest absolute Gasteiger partial charge is 0.264 e. The van der Waals surface area contributed by atoms with E-state index in [1.165, 1.54) is 17.0 Å². The van der Waals surface area contributed by atoms with Crippen molar-refractivity contribution in [1.82, 2.24) is 10.2 Å². The van der Waals surface area contributed by atoms with E-state index in [4.69, 9.17) is 23.2 Å². The van der Waals surface area contributed by atoms with Crippen LogP contribution in [0.2, 0.25) is 10.0 Å². The van der Waals surface area contributed by atoms with Crippen LogP contribution < -0.4 is 9.62 Å². The Morgan fingerprint density at radius 2 is 1.45 bits per heavy atom. The second-order valence-corrected chi connectivity index (χ2v) is 12.6. The lowest BCUT2D eigenvalue weighted by atomic mass is 10.1. The largest absolute Gasteiger partial charge is 0.352 e. The maximum atomic E-state index is 14.0. The number of halogens is 2. The number of nitrogens with zero attached hydrogens (tertiary/aromatic N) is 2. The van der Waals surface area contributed by atoms with Crippen molar-refractivity contribution in [3.63, 3.8) is 0 Å². The number of rotatable bonds is 11. The number of benzene rings is 3. The van der Waals surface area contributed by atoms with Gasteiger partial charge in [-0.25, -0.2) is 8.42 Å². The average molecular weight is 605 g/mol. The van der Waals surface area contributed by atoms with Crippen LogP contribution in [0.3, 0.4) is 0 Å². The van der Waals surface area contributed by atoms with Crippen molar-refractivity contribution < 1.29 is 18.0 Å². The van der Waals surface area contributed by atoms with Gasteiger partial charge in [-0.1, -0.05) is 71.6 Å². The molecule has 2 atom stereocenters. The Kier molecular flexibility index (Phi) is 10.6. The fourth-order valence-electron chi connectivity index (χ4n) is 3.96. The molecule has 40 heavy (non-hydrogen) atoms. The van der Waals surface area contributed by atoms with E-state index in [0.717, 1.165) is 21.9 Å². The Bertz CT molecular complexity index is 1440. The lowest BCUT2D eigenvalue weighted by molar-refractivity contribution is -0.139. The molecule has 0 bridgehead atoms. The van der Waals surface area contributed by atoms with Gasteiger partial charge < -0.3 is 10.2 Å². The molecule has 0 aliphatic carbocycles. The molecule has 1 N–H and O–H groups in total. The highest BCUT2D eigenvalue weighted by molar-refractivity contribution is 7.92. The molecule has 10 heteroatoms. The zero-order valence-corrected chi connectivity index (χ0v) is 25.6. The summed E-state index contributed by atoms with van der Waals surface area (Å²) in [4.78, 5) is 28.5. The Balaban J connectivity index is 2.03. The van der Waals surface area contributed by atoms with Crippen LogP contribution in [0.4, 0.5) is 5.69 Å². The van der Waals surface area contributed by atoms with Crippen molar-refractivity contribution in [2.24, 2.45) is 0 Å². The van der Waals surface area contributed by atoms with E-state index in [2.05, 4.69) is 5.32 Å². The predicted octanol–water partition coefficient (Wildman–Crippen LogP) is 6.14. The van der Waals surface area contributed by atoms with E-state index in [1.54, 1.807) is 61.5 Å². The lowest BCUT2D eigenvalue weighted by Crippen LogP contribution is -2.52. The van der Waals surface area contributed by atoms with Crippen LogP contribution in [0, 0.1) is 13.8 Å². The molecule has 0 aliphatic rings. The number of nitrogens with one attached hydrogen (secondary N) is 1. The molecular weight excluding hydrogens is 569 g/mol. The molecule has 2 amide bonds. The Morgan fingerprint density at radius 3 is 2.00 bits per heavy atom. The quantitative estimate of drug-likeness (QED) is 0.285.